The molecule has 0 bridgehead atoms. The Kier molecular flexibility index (Phi) is 7.10. The Bertz CT molecular complexity index is 971. The van der Waals surface area contributed by atoms with Gasteiger partial charge in [0.25, 0.3) is 5.91 Å². The van der Waals surface area contributed by atoms with E-state index in [-0.39, 0.29) is 16.5 Å². The zero-order valence-corrected chi connectivity index (χ0v) is 18.2. The molecule has 0 saturated heterocycles. The van der Waals surface area contributed by atoms with Gasteiger partial charge in [-0.15, -0.1) is 0 Å². The van der Waals surface area contributed by atoms with E-state index in [1.165, 1.54) is 63.0 Å². The first kappa shape index (κ1) is 22.5. The second kappa shape index (κ2) is 9.15. The first-order chi connectivity index (χ1) is 13.6. The van der Waals surface area contributed by atoms with E-state index in [2.05, 4.69) is 5.32 Å². The topological polar surface area (TPSA) is 94.2 Å². The van der Waals surface area contributed by atoms with Crippen LogP contribution >= 0.6 is 0 Å². The highest BCUT2D eigenvalue weighted by Gasteiger charge is 2.23. The van der Waals surface area contributed by atoms with Gasteiger partial charge in [-0.05, 0) is 38.1 Å². The van der Waals surface area contributed by atoms with Crippen molar-refractivity contribution in [1.82, 2.24) is 4.31 Å². The number of hydrogen-bond donors (Lipinski definition) is 1. The Morgan fingerprint density at radius 1 is 0.931 bits per heavy atom. The number of amides is 1. The number of nitrogens with one attached hydrogen (secondary N) is 1. The van der Waals surface area contributed by atoms with Gasteiger partial charge in [0.2, 0.25) is 10.0 Å². The van der Waals surface area contributed by atoms with Crippen molar-refractivity contribution in [3.05, 3.63) is 42.0 Å². The smallest absolute Gasteiger partial charge is 0.259 e. The van der Waals surface area contributed by atoms with Gasteiger partial charge < -0.3 is 19.5 Å². The fourth-order valence-electron chi connectivity index (χ4n) is 2.56. The van der Waals surface area contributed by atoms with Crippen molar-refractivity contribution < 1.29 is 27.4 Å². The lowest BCUT2D eigenvalue weighted by molar-refractivity contribution is 0.102. The van der Waals surface area contributed by atoms with E-state index in [0.29, 0.717) is 22.9 Å². The van der Waals surface area contributed by atoms with Crippen molar-refractivity contribution >= 4 is 21.6 Å². The lowest BCUT2D eigenvalue weighted by atomic mass is 10.1. The normalized spacial score (nSPS) is 11.4. The highest BCUT2D eigenvalue weighted by Crippen LogP contribution is 2.35. The van der Waals surface area contributed by atoms with Gasteiger partial charge in [-0.2, -0.15) is 4.31 Å². The standard InChI is InChI=1S/C20H26N2O6S/c1-13(2)22(3)29(24,25)15-9-7-14(8-10-15)21-20(23)16-11-18(27-5)19(28-6)12-17(16)26-4/h7-13H,1-6H3,(H,21,23). The first-order valence-corrected chi connectivity index (χ1v) is 10.3. The van der Waals surface area contributed by atoms with Crippen LogP contribution < -0.4 is 19.5 Å². The van der Waals surface area contributed by atoms with E-state index >= 15 is 0 Å². The molecule has 1 amide bonds. The third-order valence-electron chi connectivity index (χ3n) is 4.47. The van der Waals surface area contributed by atoms with Gasteiger partial charge in [-0.1, -0.05) is 0 Å². The molecule has 2 aromatic carbocycles. The maximum atomic E-state index is 12.7. The number of methoxy groups -OCH3 is 3. The van der Waals surface area contributed by atoms with E-state index in [1.807, 2.05) is 0 Å². The molecule has 158 valence electrons. The van der Waals surface area contributed by atoms with Gasteiger partial charge in [0.15, 0.2) is 11.5 Å². The monoisotopic (exact) mass is 422 g/mol. The zero-order chi connectivity index (χ0) is 21.8. The third kappa shape index (κ3) is 4.80. The first-order valence-electron chi connectivity index (χ1n) is 8.85. The summed E-state index contributed by atoms with van der Waals surface area (Å²) in [6.45, 7) is 3.59. The number of benzene rings is 2. The maximum Gasteiger partial charge on any atom is 0.259 e. The molecular formula is C20H26N2O6S. The fraction of sp³-hybridized carbons (Fsp3) is 0.350. The fourth-order valence-corrected chi connectivity index (χ4v) is 3.93. The zero-order valence-electron chi connectivity index (χ0n) is 17.3. The van der Waals surface area contributed by atoms with E-state index in [1.54, 1.807) is 19.9 Å². The van der Waals surface area contributed by atoms with Crippen LogP contribution in [0.4, 0.5) is 5.69 Å². The number of ether oxygens (including phenoxy) is 3. The predicted octanol–water partition coefficient (Wildman–Crippen LogP) is 2.99. The molecule has 0 atom stereocenters. The van der Waals surface area contributed by atoms with Gasteiger partial charge in [-0.25, -0.2) is 8.42 Å². The molecule has 0 aromatic heterocycles. The molecule has 2 rings (SSSR count). The molecule has 0 heterocycles. The van der Waals surface area contributed by atoms with Crippen LogP contribution in [-0.4, -0.2) is 53.0 Å². The molecule has 0 unspecified atom stereocenters. The molecule has 9 heteroatoms. The van der Waals surface area contributed by atoms with Crippen molar-refractivity contribution in [3.63, 3.8) is 0 Å². The highest BCUT2D eigenvalue weighted by molar-refractivity contribution is 7.89. The van der Waals surface area contributed by atoms with Gasteiger partial charge >= 0.3 is 0 Å². The Balaban J connectivity index is 2.28. The summed E-state index contributed by atoms with van der Waals surface area (Å²) >= 11 is 0. The summed E-state index contributed by atoms with van der Waals surface area (Å²) in [6.07, 6.45) is 0. The average molecular weight is 423 g/mol. The largest absolute Gasteiger partial charge is 0.496 e. The minimum absolute atomic E-state index is 0.149. The summed E-state index contributed by atoms with van der Waals surface area (Å²) < 4.78 is 42.1. The van der Waals surface area contributed by atoms with Crippen LogP contribution in [0.25, 0.3) is 0 Å². The van der Waals surface area contributed by atoms with E-state index in [9.17, 15) is 13.2 Å². The summed E-state index contributed by atoms with van der Waals surface area (Å²) in [5.74, 6) is 0.706. The Morgan fingerprint density at radius 3 is 1.93 bits per heavy atom. The van der Waals surface area contributed by atoms with Crippen LogP contribution in [0.2, 0.25) is 0 Å². The van der Waals surface area contributed by atoms with Crippen molar-refractivity contribution in [1.29, 1.82) is 0 Å². The molecule has 29 heavy (non-hydrogen) atoms. The summed E-state index contributed by atoms with van der Waals surface area (Å²) in [5.41, 5.74) is 0.694. The average Bonchev–Trinajstić information content (AvgIpc) is 2.72. The van der Waals surface area contributed by atoms with Gasteiger partial charge in [0.05, 0.1) is 31.8 Å². The van der Waals surface area contributed by atoms with Gasteiger partial charge in [0, 0.05) is 30.9 Å². The lowest BCUT2D eigenvalue weighted by Gasteiger charge is -2.21. The second-order valence-electron chi connectivity index (χ2n) is 6.50. The highest BCUT2D eigenvalue weighted by atomic mass is 32.2. The third-order valence-corrected chi connectivity index (χ3v) is 6.51. The van der Waals surface area contributed by atoms with Crippen molar-refractivity contribution in [3.8, 4) is 17.2 Å². The predicted molar refractivity (Wildman–Crippen MR) is 111 cm³/mol. The van der Waals surface area contributed by atoms with Crippen molar-refractivity contribution in [2.45, 2.75) is 24.8 Å². The maximum absolute atomic E-state index is 12.7. The molecule has 0 aliphatic carbocycles. The molecule has 0 aliphatic heterocycles. The number of nitrogens with zero attached hydrogens (tertiary/aromatic N) is 1. The number of carbonyl (C=O) groups excluding carboxylic acids is 1. The molecular weight excluding hydrogens is 396 g/mol. The molecule has 0 aliphatic rings. The molecule has 8 nitrogen and oxygen atoms in total. The number of hydrogen-bond acceptors (Lipinski definition) is 6. The van der Waals surface area contributed by atoms with E-state index in [4.69, 9.17) is 14.2 Å². The minimum Gasteiger partial charge on any atom is -0.496 e. The van der Waals surface area contributed by atoms with Crippen LogP contribution in [-0.2, 0) is 10.0 Å². The second-order valence-corrected chi connectivity index (χ2v) is 8.50. The van der Waals surface area contributed by atoms with Crippen LogP contribution in [0.1, 0.15) is 24.2 Å². The molecule has 0 spiro atoms. The number of carbonyl (C=O) groups is 1. The quantitative estimate of drug-likeness (QED) is 0.703. The number of rotatable bonds is 8. The van der Waals surface area contributed by atoms with E-state index < -0.39 is 15.9 Å². The molecule has 0 saturated carbocycles. The summed E-state index contributed by atoms with van der Waals surface area (Å²) in [5, 5.41) is 2.73. The van der Waals surface area contributed by atoms with Gasteiger partial charge in [0.1, 0.15) is 5.75 Å². The molecule has 1 N–H and O–H groups in total. The van der Waals surface area contributed by atoms with Crippen LogP contribution in [0.3, 0.4) is 0 Å². The summed E-state index contributed by atoms with van der Waals surface area (Å²) in [7, 11) is 2.34. The Morgan fingerprint density at radius 2 is 1.45 bits per heavy atom. The van der Waals surface area contributed by atoms with Crippen LogP contribution in [0, 0.1) is 0 Å². The van der Waals surface area contributed by atoms with Crippen molar-refractivity contribution in [2.24, 2.45) is 0 Å². The number of sulfonamides is 1. The van der Waals surface area contributed by atoms with E-state index in [0.717, 1.165) is 0 Å². The Hall–Kier alpha value is -2.78. The lowest BCUT2D eigenvalue weighted by Crippen LogP contribution is -2.33. The SMILES string of the molecule is COc1cc(OC)c(C(=O)Nc2ccc(S(=O)(=O)N(C)C(C)C)cc2)cc1OC. The summed E-state index contributed by atoms with van der Waals surface area (Å²) in [6, 6.07) is 8.88. The van der Waals surface area contributed by atoms with Gasteiger partial charge in [-0.3, -0.25) is 4.79 Å². The van der Waals surface area contributed by atoms with Crippen molar-refractivity contribution in [2.75, 3.05) is 33.7 Å². The number of anilines is 1. The van der Waals surface area contributed by atoms with Crippen LogP contribution in [0.5, 0.6) is 17.2 Å². The molecule has 0 radical (unpaired) electrons. The Labute approximate surface area is 171 Å². The minimum atomic E-state index is -3.59. The molecule has 0 fully saturated rings. The summed E-state index contributed by atoms with van der Waals surface area (Å²) in [4.78, 5) is 12.9. The van der Waals surface area contributed by atoms with Crippen LogP contribution in [0.15, 0.2) is 41.3 Å². The molecule has 2 aromatic rings.